The summed E-state index contributed by atoms with van der Waals surface area (Å²) >= 11 is 11.8. The number of hydrogen-bond acceptors (Lipinski definition) is 5. The summed E-state index contributed by atoms with van der Waals surface area (Å²) in [7, 11) is 0. The summed E-state index contributed by atoms with van der Waals surface area (Å²) in [6.07, 6.45) is 1.38. The van der Waals surface area contributed by atoms with Crippen LogP contribution in [0.3, 0.4) is 0 Å². The Morgan fingerprint density at radius 2 is 1.51 bits per heavy atom. The molecular formula is C25H22Cl2N4O4. The lowest BCUT2D eigenvalue weighted by molar-refractivity contribution is -0.136. The van der Waals surface area contributed by atoms with Crippen LogP contribution in [0, 0.1) is 13.8 Å². The minimum absolute atomic E-state index is 0.219. The number of rotatable bonds is 7. The fraction of sp³-hybridized carbons (Fsp3) is 0.120. The first-order valence-electron chi connectivity index (χ1n) is 10.4. The van der Waals surface area contributed by atoms with Crippen molar-refractivity contribution in [1.82, 2.24) is 5.43 Å². The number of para-hydroxylation sites is 1. The van der Waals surface area contributed by atoms with E-state index >= 15 is 0 Å². The van der Waals surface area contributed by atoms with Gasteiger partial charge in [0.2, 0.25) is 0 Å². The van der Waals surface area contributed by atoms with E-state index in [1.807, 2.05) is 32.0 Å². The molecule has 0 aliphatic rings. The smallest absolute Gasteiger partial charge is 0.329 e. The number of benzene rings is 3. The molecule has 8 nitrogen and oxygen atoms in total. The van der Waals surface area contributed by atoms with Gasteiger partial charge in [-0.3, -0.25) is 14.4 Å². The second-order valence-corrected chi connectivity index (χ2v) is 8.36. The minimum Gasteiger partial charge on any atom is -0.484 e. The molecule has 0 unspecified atom stereocenters. The molecule has 0 aliphatic heterocycles. The van der Waals surface area contributed by atoms with Gasteiger partial charge >= 0.3 is 11.8 Å². The maximum atomic E-state index is 12.1. The Hall–Kier alpha value is -3.88. The second-order valence-electron chi connectivity index (χ2n) is 7.48. The van der Waals surface area contributed by atoms with E-state index in [1.54, 1.807) is 42.5 Å². The van der Waals surface area contributed by atoms with Crippen molar-refractivity contribution in [2.75, 3.05) is 17.2 Å². The van der Waals surface area contributed by atoms with Gasteiger partial charge in [0.05, 0.1) is 6.21 Å². The van der Waals surface area contributed by atoms with Crippen LogP contribution in [0.1, 0.15) is 16.7 Å². The zero-order valence-electron chi connectivity index (χ0n) is 18.9. The van der Waals surface area contributed by atoms with Gasteiger partial charge in [0.15, 0.2) is 6.61 Å². The highest BCUT2D eigenvalue weighted by Gasteiger charge is 2.15. The van der Waals surface area contributed by atoms with Crippen molar-refractivity contribution in [2.24, 2.45) is 5.10 Å². The molecule has 0 bridgehead atoms. The Balaban J connectivity index is 1.46. The molecule has 0 fully saturated rings. The predicted molar refractivity (Wildman–Crippen MR) is 137 cm³/mol. The second kappa shape index (κ2) is 12.0. The first-order valence-corrected chi connectivity index (χ1v) is 11.2. The molecule has 3 aromatic rings. The van der Waals surface area contributed by atoms with Crippen LogP contribution in [0.15, 0.2) is 65.8 Å². The molecule has 0 heterocycles. The van der Waals surface area contributed by atoms with Crippen molar-refractivity contribution in [3.63, 3.8) is 0 Å². The van der Waals surface area contributed by atoms with E-state index in [9.17, 15) is 14.4 Å². The van der Waals surface area contributed by atoms with Gasteiger partial charge in [0.1, 0.15) is 5.75 Å². The van der Waals surface area contributed by atoms with E-state index in [1.165, 1.54) is 6.21 Å². The summed E-state index contributed by atoms with van der Waals surface area (Å²) in [5.41, 5.74) is 5.60. The van der Waals surface area contributed by atoms with Crippen LogP contribution in [0.5, 0.6) is 5.75 Å². The summed E-state index contributed by atoms with van der Waals surface area (Å²) in [5.74, 6) is -1.63. The van der Waals surface area contributed by atoms with Gasteiger partial charge in [-0.15, -0.1) is 0 Å². The Morgan fingerprint density at radius 3 is 2.14 bits per heavy atom. The van der Waals surface area contributed by atoms with E-state index in [0.29, 0.717) is 32.7 Å². The lowest BCUT2D eigenvalue weighted by atomic mass is 10.1. The van der Waals surface area contributed by atoms with E-state index in [0.717, 1.165) is 11.1 Å². The lowest BCUT2D eigenvalue weighted by Crippen LogP contribution is -2.32. The molecule has 35 heavy (non-hydrogen) atoms. The van der Waals surface area contributed by atoms with Gasteiger partial charge in [-0.1, -0.05) is 41.4 Å². The molecule has 3 aromatic carbocycles. The highest BCUT2D eigenvalue weighted by molar-refractivity contribution is 6.39. The van der Waals surface area contributed by atoms with Gasteiger partial charge in [0.25, 0.3) is 5.91 Å². The van der Waals surface area contributed by atoms with Crippen LogP contribution in [-0.2, 0) is 14.4 Å². The fourth-order valence-electron chi connectivity index (χ4n) is 3.02. The van der Waals surface area contributed by atoms with Gasteiger partial charge in [-0.05, 0) is 73.0 Å². The van der Waals surface area contributed by atoms with Crippen molar-refractivity contribution in [1.29, 1.82) is 0 Å². The number of aryl methyl sites for hydroxylation is 2. The largest absolute Gasteiger partial charge is 0.484 e. The maximum absolute atomic E-state index is 12.1. The first kappa shape index (κ1) is 25.7. The summed E-state index contributed by atoms with van der Waals surface area (Å²) in [5, 5.41) is 9.85. The molecular weight excluding hydrogens is 491 g/mol. The van der Waals surface area contributed by atoms with E-state index < -0.39 is 11.8 Å². The third-order valence-electron chi connectivity index (χ3n) is 4.70. The van der Waals surface area contributed by atoms with Gasteiger partial charge in [-0.25, -0.2) is 5.43 Å². The molecule has 3 N–H and O–H groups in total. The van der Waals surface area contributed by atoms with Crippen LogP contribution in [-0.4, -0.2) is 30.5 Å². The molecule has 0 saturated carbocycles. The molecule has 0 spiro atoms. The fourth-order valence-corrected chi connectivity index (χ4v) is 3.55. The van der Waals surface area contributed by atoms with Crippen LogP contribution in [0.25, 0.3) is 0 Å². The standard InChI is InChI=1S/C25H22Cl2N4O4/c1-15-4-3-5-16(2)23(15)30-24(33)25(34)31-28-13-17-6-8-21(9-7-17)35-14-22(32)29-20-11-18(26)10-19(27)12-20/h3-13H,14H2,1-2H3,(H,29,32)(H,30,33)(H,31,34)/b28-13-. The Bertz CT molecular complexity index is 1240. The molecule has 3 amide bonds. The number of carbonyl (C=O) groups is 3. The third kappa shape index (κ3) is 7.84. The topological polar surface area (TPSA) is 109 Å². The van der Waals surface area contributed by atoms with Crippen molar-refractivity contribution in [3.8, 4) is 5.75 Å². The zero-order chi connectivity index (χ0) is 25.4. The van der Waals surface area contributed by atoms with E-state index in [4.69, 9.17) is 27.9 Å². The zero-order valence-corrected chi connectivity index (χ0v) is 20.4. The van der Waals surface area contributed by atoms with Crippen molar-refractivity contribution in [2.45, 2.75) is 13.8 Å². The molecule has 0 aliphatic carbocycles. The van der Waals surface area contributed by atoms with Crippen molar-refractivity contribution in [3.05, 3.63) is 87.4 Å². The van der Waals surface area contributed by atoms with Gasteiger partial charge in [0, 0.05) is 21.4 Å². The first-order chi connectivity index (χ1) is 16.7. The molecule has 0 aromatic heterocycles. The number of nitrogens with one attached hydrogen (secondary N) is 3. The monoisotopic (exact) mass is 512 g/mol. The van der Waals surface area contributed by atoms with Crippen molar-refractivity contribution >= 4 is 58.5 Å². The highest BCUT2D eigenvalue weighted by Crippen LogP contribution is 2.22. The van der Waals surface area contributed by atoms with Crippen LogP contribution in [0.2, 0.25) is 10.0 Å². The Morgan fingerprint density at radius 1 is 0.886 bits per heavy atom. The number of carbonyl (C=O) groups excluding carboxylic acids is 3. The van der Waals surface area contributed by atoms with E-state index in [2.05, 4.69) is 21.2 Å². The van der Waals surface area contributed by atoms with Crippen LogP contribution < -0.4 is 20.8 Å². The summed E-state index contributed by atoms with van der Waals surface area (Å²) in [6.45, 7) is 3.46. The van der Waals surface area contributed by atoms with Crippen LogP contribution in [0.4, 0.5) is 11.4 Å². The number of halogens is 2. The van der Waals surface area contributed by atoms with Gasteiger partial charge in [-0.2, -0.15) is 5.10 Å². The Labute approximate surface area is 212 Å². The Kier molecular flexibility index (Phi) is 8.83. The minimum atomic E-state index is -0.893. The third-order valence-corrected chi connectivity index (χ3v) is 5.14. The normalized spacial score (nSPS) is 10.6. The molecule has 0 radical (unpaired) electrons. The highest BCUT2D eigenvalue weighted by atomic mass is 35.5. The number of anilines is 2. The number of hydrogen-bond donors (Lipinski definition) is 3. The predicted octanol–water partition coefficient (Wildman–Crippen LogP) is 4.72. The lowest BCUT2D eigenvalue weighted by Gasteiger charge is -2.10. The maximum Gasteiger partial charge on any atom is 0.329 e. The molecule has 0 atom stereocenters. The number of amides is 3. The number of ether oxygens (including phenoxy) is 1. The summed E-state index contributed by atoms with van der Waals surface area (Å²) in [6, 6.07) is 16.9. The number of nitrogens with zero attached hydrogens (tertiary/aromatic N) is 1. The van der Waals surface area contributed by atoms with Crippen molar-refractivity contribution < 1.29 is 19.1 Å². The number of hydrazone groups is 1. The summed E-state index contributed by atoms with van der Waals surface area (Å²) in [4.78, 5) is 36.2. The molecule has 3 rings (SSSR count). The quantitative estimate of drug-likeness (QED) is 0.241. The molecule has 180 valence electrons. The van der Waals surface area contributed by atoms with E-state index in [-0.39, 0.29) is 12.5 Å². The molecule has 0 saturated heterocycles. The van der Waals surface area contributed by atoms with Crippen LogP contribution >= 0.6 is 23.2 Å². The average molecular weight is 513 g/mol. The average Bonchev–Trinajstić information content (AvgIpc) is 2.80. The molecule has 10 heteroatoms. The summed E-state index contributed by atoms with van der Waals surface area (Å²) < 4.78 is 5.46. The van der Waals surface area contributed by atoms with Gasteiger partial charge < -0.3 is 15.4 Å². The SMILES string of the molecule is Cc1cccc(C)c1NC(=O)C(=O)N/N=C\c1ccc(OCC(=O)Nc2cc(Cl)cc(Cl)c2)cc1.